The fraction of sp³-hybridized carbons (Fsp3) is 0.333. The monoisotopic (exact) mass is 264 g/mol. The number of benzene rings is 1. The Balaban J connectivity index is 0.000000686. The average Bonchev–Trinajstić information content (AvgIpc) is 2.73. The lowest BCUT2D eigenvalue weighted by atomic mass is 10.1. The molecule has 0 unspecified atom stereocenters. The lowest BCUT2D eigenvalue weighted by molar-refractivity contribution is -0.136. The maximum atomic E-state index is 12.6. The fourth-order valence-electron chi connectivity index (χ4n) is 1.47. The molecule has 5 heteroatoms. The van der Waals surface area contributed by atoms with E-state index in [9.17, 15) is 13.2 Å². The van der Waals surface area contributed by atoms with E-state index in [1.54, 1.807) is 6.92 Å². The van der Waals surface area contributed by atoms with Gasteiger partial charge < -0.3 is 4.42 Å². The Morgan fingerprint density at radius 3 is 2.35 bits per heavy atom. The van der Waals surface area contributed by atoms with E-state index in [0.29, 0.717) is 5.56 Å². The fourth-order valence-corrected chi connectivity index (χ4v) is 1.66. The molecule has 1 nitrogen and oxygen atoms in total. The summed E-state index contributed by atoms with van der Waals surface area (Å²) in [5.41, 5.74) is -0.0543. The van der Waals surface area contributed by atoms with Crippen molar-refractivity contribution in [3.8, 4) is 0 Å². The number of halogens is 4. The molecular formula is C12H12ClF3O. The molecule has 0 saturated carbocycles. The maximum absolute atomic E-state index is 12.6. The summed E-state index contributed by atoms with van der Waals surface area (Å²) in [4.78, 5) is 0. The van der Waals surface area contributed by atoms with Crippen LogP contribution in [0.5, 0.6) is 0 Å². The summed E-state index contributed by atoms with van der Waals surface area (Å²) in [5, 5.41) is 0.106. The number of hydrogen-bond donors (Lipinski definition) is 0. The quantitative estimate of drug-likeness (QED) is 0.617. The average molecular weight is 265 g/mol. The van der Waals surface area contributed by atoms with Gasteiger partial charge in [-0.25, -0.2) is 0 Å². The molecule has 0 aliphatic rings. The van der Waals surface area contributed by atoms with E-state index in [0.717, 1.165) is 6.07 Å². The minimum atomic E-state index is -4.42. The van der Waals surface area contributed by atoms with Crippen LogP contribution in [-0.4, -0.2) is 0 Å². The first kappa shape index (κ1) is 13.9. The van der Waals surface area contributed by atoms with E-state index < -0.39 is 11.7 Å². The van der Waals surface area contributed by atoms with Crippen LogP contribution in [0.1, 0.15) is 25.0 Å². The van der Waals surface area contributed by atoms with Crippen molar-refractivity contribution < 1.29 is 17.6 Å². The summed E-state index contributed by atoms with van der Waals surface area (Å²) in [6.07, 6.45) is -3.19. The van der Waals surface area contributed by atoms with Gasteiger partial charge in [-0.15, -0.1) is 0 Å². The molecule has 2 aromatic rings. The Morgan fingerprint density at radius 1 is 1.24 bits per heavy atom. The molecule has 0 fully saturated rings. The van der Waals surface area contributed by atoms with Crippen LogP contribution in [0.15, 0.2) is 22.8 Å². The topological polar surface area (TPSA) is 13.1 Å². The van der Waals surface area contributed by atoms with Crippen molar-refractivity contribution in [3.63, 3.8) is 0 Å². The highest BCUT2D eigenvalue weighted by atomic mass is 35.5. The Kier molecular flexibility index (Phi) is 4.09. The minimum absolute atomic E-state index is 0.0457. The second kappa shape index (κ2) is 5.00. The zero-order chi connectivity index (χ0) is 13.2. The highest BCUT2D eigenvalue weighted by Crippen LogP contribution is 2.39. The van der Waals surface area contributed by atoms with Crippen LogP contribution >= 0.6 is 11.6 Å². The first-order valence-corrected chi connectivity index (χ1v) is 5.52. The van der Waals surface area contributed by atoms with Crippen LogP contribution in [0.3, 0.4) is 0 Å². The lowest BCUT2D eigenvalue weighted by Gasteiger charge is -2.09. The molecule has 0 atom stereocenters. The highest BCUT2D eigenvalue weighted by Gasteiger charge is 2.34. The van der Waals surface area contributed by atoms with E-state index in [1.807, 2.05) is 13.8 Å². The Bertz CT molecular complexity index is 514. The predicted octanol–water partition coefficient (Wildman–Crippen LogP) is 5.44. The molecule has 0 spiro atoms. The molecule has 0 amide bonds. The molecule has 0 radical (unpaired) electrons. The SMILES string of the molecule is CC.Cc1c(Cl)cc(C(F)(F)F)c2ccoc12. The van der Waals surface area contributed by atoms with Crippen LogP contribution in [0.2, 0.25) is 5.02 Å². The van der Waals surface area contributed by atoms with Crippen molar-refractivity contribution in [3.05, 3.63) is 34.5 Å². The molecule has 0 aliphatic carbocycles. The van der Waals surface area contributed by atoms with E-state index in [1.165, 1.54) is 12.3 Å². The second-order valence-electron chi connectivity index (χ2n) is 3.19. The number of rotatable bonds is 0. The highest BCUT2D eigenvalue weighted by molar-refractivity contribution is 6.32. The molecule has 0 bridgehead atoms. The number of alkyl halides is 3. The van der Waals surface area contributed by atoms with Crippen LogP contribution in [0, 0.1) is 6.92 Å². The Hall–Kier alpha value is -1.16. The molecule has 17 heavy (non-hydrogen) atoms. The van der Waals surface area contributed by atoms with Gasteiger partial charge in [0.05, 0.1) is 11.8 Å². The van der Waals surface area contributed by atoms with E-state index in [4.69, 9.17) is 16.0 Å². The van der Waals surface area contributed by atoms with Crippen LogP contribution < -0.4 is 0 Å². The molecule has 0 N–H and O–H groups in total. The number of fused-ring (bicyclic) bond motifs is 1. The van der Waals surface area contributed by atoms with Gasteiger partial charge in [-0.3, -0.25) is 0 Å². The zero-order valence-electron chi connectivity index (χ0n) is 9.65. The largest absolute Gasteiger partial charge is 0.464 e. The van der Waals surface area contributed by atoms with Gasteiger partial charge in [-0.2, -0.15) is 13.2 Å². The summed E-state index contributed by atoms with van der Waals surface area (Å²) >= 11 is 5.70. The standard InChI is InChI=1S/C10H6ClF3O.C2H6/c1-5-8(11)4-7(10(12,13)14)6-2-3-15-9(5)6;1-2/h2-4H,1H3;1-2H3. The molecule has 2 rings (SSSR count). The van der Waals surface area contributed by atoms with Crippen molar-refractivity contribution in [1.82, 2.24) is 0 Å². The van der Waals surface area contributed by atoms with Crippen molar-refractivity contribution in [2.24, 2.45) is 0 Å². The van der Waals surface area contributed by atoms with Crippen molar-refractivity contribution in [2.45, 2.75) is 26.9 Å². The van der Waals surface area contributed by atoms with Gasteiger partial charge >= 0.3 is 6.18 Å². The van der Waals surface area contributed by atoms with Crippen molar-refractivity contribution >= 4 is 22.6 Å². The van der Waals surface area contributed by atoms with Gasteiger partial charge in [-0.1, -0.05) is 25.4 Å². The first-order chi connectivity index (χ1) is 7.91. The third kappa shape index (κ3) is 2.57. The van der Waals surface area contributed by atoms with Gasteiger partial charge in [0.25, 0.3) is 0 Å². The summed E-state index contributed by atoms with van der Waals surface area (Å²) < 4.78 is 42.8. The molecule has 0 aliphatic heterocycles. The van der Waals surface area contributed by atoms with E-state index >= 15 is 0 Å². The third-order valence-corrected chi connectivity index (χ3v) is 2.62. The van der Waals surface area contributed by atoms with Crippen LogP contribution in [-0.2, 0) is 6.18 Å². The van der Waals surface area contributed by atoms with E-state index in [-0.39, 0.29) is 16.0 Å². The summed E-state index contributed by atoms with van der Waals surface area (Å²) in [7, 11) is 0. The predicted molar refractivity (Wildman–Crippen MR) is 62.3 cm³/mol. The Labute approximate surface area is 102 Å². The number of furan rings is 1. The summed E-state index contributed by atoms with van der Waals surface area (Å²) in [5.74, 6) is 0. The van der Waals surface area contributed by atoms with Gasteiger partial charge in [0, 0.05) is 16.0 Å². The van der Waals surface area contributed by atoms with Crippen molar-refractivity contribution in [1.29, 1.82) is 0 Å². The van der Waals surface area contributed by atoms with Crippen molar-refractivity contribution in [2.75, 3.05) is 0 Å². The second-order valence-corrected chi connectivity index (χ2v) is 3.60. The number of aryl methyl sites for hydroxylation is 1. The molecule has 0 saturated heterocycles. The van der Waals surface area contributed by atoms with Gasteiger partial charge in [0.1, 0.15) is 5.58 Å². The smallest absolute Gasteiger partial charge is 0.417 e. The molecule has 94 valence electrons. The van der Waals surface area contributed by atoms with Crippen LogP contribution in [0.4, 0.5) is 13.2 Å². The summed E-state index contributed by atoms with van der Waals surface area (Å²) in [6.45, 7) is 5.62. The number of hydrogen-bond acceptors (Lipinski definition) is 1. The van der Waals surface area contributed by atoms with Gasteiger partial charge in [0.15, 0.2) is 0 Å². The Morgan fingerprint density at radius 2 is 1.82 bits per heavy atom. The normalized spacial score (nSPS) is 11.2. The molecule has 1 aromatic carbocycles. The van der Waals surface area contributed by atoms with E-state index in [2.05, 4.69) is 0 Å². The molecular weight excluding hydrogens is 253 g/mol. The lowest BCUT2D eigenvalue weighted by Crippen LogP contribution is -2.05. The minimum Gasteiger partial charge on any atom is -0.464 e. The first-order valence-electron chi connectivity index (χ1n) is 5.15. The molecule has 1 heterocycles. The molecule has 1 aromatic heterocycles. The van der Waals surface area contributed by atoms with Gasteiger partial charge in [-0.05, 0) is 19.1 Å². The maximum Gasteiger partial charge on any atom is 0.417 e. The third-order valence-electron chi connectivity index (χ3n) is 2.23. The van der Waals surface area contributed by atoms with Gasteiger partial charge in [0.2, 0.25) is 0 Å². The van der Waals surface area contributed by atoms with Crippen LogP contribution in [0.25, 0.3) is 11.0 Å². The zero-order valence-corrected chi connectivity index (χ0v) is 10.4. The summed E-state index contributed by atoms with van der Waals surface area (Å²) in [6, 6.07) is 2.22.